The van der Waals surface area contributed by atoms with Gasteiger partial charge in [0.05, 0.1) is 32.6 Å². The van der Waals surface area contributed by atoms with Crippen LogP contribution in [0.4, 0.5) is 13.2 Å². The molecule has 3 atom stereocenters. The average molecular weight is 624 g/mol. The maximum Gasteiger partial charge on any atom is 0.399 e. The van der Waals surface area contributed by atoms with Gasteiger partial charge in [0, 0.05) is 16.8 Å². The van der Waals surface area contributed by atoms with Gasteiger partial charge in [-0.05, 0) is 57.7 Å². The van der Waals surface area contributed by atoms with E-state index in [2.05, 4.69) is 27.2 Å². The smallest absolute Gasteiger partial charge is 0.341 e. The van der Waals surface area contributed by atoms with E-state index in [1.807, 2.05) is 6.92 Å². The third-order valence-corrected chi connectivity index (χ3v) is 7.36. The lowest BCUT2D eigenvalue weighted by atomic mass is 9.95. The Morgan fingerprint density at radius 2 is 1.78 bits per heavy atom. The van der Waals surface area contributed by atoms with Gasteiger partial charge in [-0.2, -0.15) is 13.2 Å². The number of carbonyl (C=O) groups is 2. The summed E-state index contributed by atoms with van der Waals surface area (Å²) in [6.45, 7) is 3.62. The zero-order chi connectivity index (χ0) is 27.2. The Balaban J connectivity index is 2.30. The Labute approximate surface area is 231 Å². The van der Waals surface area contributed by atoms with E-state index in [1.165, 1.54) is 24.3 Å². The van der Waals surface area contributed by atoms with E-state index < -0.39 is 24.0 Å². The normalized spacial score (nSPS) is 14.2. The number of terminal acetylenes is 1. The minimum atomic E-state index is -4.62. The van der Waals surface area contributed by atoms with Gasteiger partial charge >= 0.3 is 6.18 Å². The van der Waals surface area contributed by atoms with Crippen LogP contribution in [0.25, 0.3) is 6.08 Å². The van der Waals surface area contributed by atoms with Crippen molar-refractivity contribution in [3.63, 3.8) is 0 Å². The molecule has 0 aliphatic rings. The molecule has 10 heteroatoms. The van der Waals surface area contributed by atoms with Gasteiger partial charge in [0.25, 0.3) is 5.91 Å². The fourth-order valence-corrected chi connectivity index (χ4v) is 4.50. The maximum absolute atomic E-state index is 13.8. The average Bonchev–Trinajstić information content (AvgIpc) is 2.80. The van der Waals surface area contributed by atoms with E-state index in [-0.39, 0.29) is 44.3 Å². The number of alkyl halides is 3. The van der Waals surface area contributed by atoms with Crippen molar-refractivity contribution < 1.29 is 22.8 Å². The molecular weight excluding hydrogens is 602 g/mol. The van der Waals surface area contributed by atoms with Crippen molar-refractivity contribution in [2.24, 2.45) is 5.92 Å². The van der Waals surface area contributed by atoms with Gasteiger partial charge in [0.2, 0.25) is 0 Å². The summed E-state index contributed by atoms with van der Waals surface area (Å²) in [5, 5.41) is 2.45. The van der Waals surface area contributed by atoms with E-state index in [4.69, 9.17) is 41.2 Å². The molecule has 36 heavy (non-hydrogen) atoms. The Hall–Kier alpha value is -1.98. The number of allylic oxidation sites excluding steroid dienone is 1. The van der Waals surface area contributed by atoms with Gasteiger partial charge in [0.15, 0.2) is 5.78 Å². The van der Waals surface area contributed by atoms with Crippen molar-refractivity contribution in [3.05, 3.63) is 72.6 Å². The lowest BCUT2D eigenvalue weighted by Crippen LogP contribution is -2.43. The van der Waals surface area contributed by atoms with E-state index >= 15 is 0 Å². The second-order valence-corrected chi connectivity index (χ2v) is 10.1. The predicted molar refractivity (Wildman–Crippen MR) is 143 cm³/mol. The summed E-state index contributed by atoms with van der Waals surface area (Å²) >= 11 is 21.0. The monoisotopic (exact) mass is 621 g/mol. The largest absolute Gasteiger partial charge is 0.399 e. The molecule has 0 aliphatic carbocycles. The molecule has 1 N–H and O–H groups in total. The number of carbonyl (C=O) groups excluding carboxylic acids is 2. The van der Waals surface area contributed by atoms with Crippen LogP contribution in [-0.2, 0) is 4.79 Å². The number of nitrogens with one attached hydrogen (secondary N) is 1. The van der Waals surface area contributed by atoms with E-state index in [0.717, 1.165) is 18.2 Å². The van der Waals surface area contributed by atoms with Crippen molar-refractivity contribution in [3.8, 4) is 12.3 Å². The zero-order valence-corrected chi connectivity index (χ0v) is 23.1. The van der Waals surface area contributed by atoms with Gasteiger partial charge in [-0.1, -0.05) is 66.9 Å². The summed E-state index contributed by atoms with van der Waals surface area (Å²) in [6, 6.07) is 5.82. The van der Waals surface area contributed by atoms with Crippen molar-refractivity contribution in [2.45, 2.75) is 44.8 Å². The molecule has 0 saturated carbocycles. The first-order valence-corrected chi connectivity index (χ1v) is 12.7. The molecule has 2 rings (SSSR count). The number of halogens is 7. The molecule has 0 saturated heterocycles. The fraction of sp³-hybridized carbons (Fsp3) is 0.308. The summed E-state index contributed by atoms with van der Waals surface area (Å²) in [5.41, 5.74) is 0.434. The first-order valence-electron chi connectivity index (χ1n) is 10.8. The molecule has 0 bridgehead atoms. The SMILES string of the molecule is C#CCC(NC(=O)c1ccc(C=CC(c2cc(Cl)c(Cl)c(Cl)c2)C(F)(F)F)cc1Br)C(=O)C(C)CC. The molecule has 3 nitrogen and oxygen atoms in total. The van der Waals surface area contributed by atoms with E-state index in [1.54, 1.807) is 6.92 Å². The highest BCUT2D eigenvalue weighted by atomic mass is 79.9. The third kappa shape index (κ3) is 7.76. The molecule has 3 unspecified atom stereocenters. The molecule has 0 aromatic heterocycles. The Kier molecular flexibility index (Phi) is 10.9. The van der Waals surface area contributed by atoms with Crippen LogP contribution >= 0.6 is 50.7 Å². The minimum Gasteiger partial charge on any atom is -0.341 e. The van der Waals surface area contributed by atoms with Crippen molar-refractivity contribution in [1.29, 1.82) is 0 Å². The van der Waals surface area contributed by atoms with Crippen LogP contribution in [0.1, 0.15) is 54.1 Å². The lowest BCUT2D eigenvalue weighted by Gasteiger charge is -2.19. The number of ketones is 1. The molecule has 1 amide bonds. The number of amides is 1. The summed E-state index contributed by atoms with van der Waals surface area (Å²) in [7, 11) is 0. The lowest BCUT2D eigenvalue weighted by molar-refractivity contribution is -0.139. The molecule has 192 valence electrons. The van der Waals surface area contributed by atoms with E-state index in [9.17, 15) is 22.8 Å². The Morgan fingerprint density at radius 1 is 1.17 bits per heavy atom. The summed E-state index contributed by atoms with van der Waals surface area (Å²) in [6.07, 6.45) is 3.62. The van der Waals surface area contributed by atoms with Crippen LogP contribution < -0.4 is 5.32 Å². The highest BCUT2D eigenvalue weighted by Gasteiger charge is 2.39. The quantitative estimate of drug-likeness (QED) is 0.225. The maximum atomic E-state index is 13.8. The molecule has 0 radical (unpaired) electrons. The van der Waals surface area contributed by atoms with Gasteiger partial charge in [-0.15, -0.1) is 12.3 Å². The highest BCUT2D eigenvalue weighted by molar-refractivity contribution is 9.10. The van der Waals surface area contributed by atoms with Gasteiger partial charge < -0.3 is 5.32 Å². The standard InChI is InChI=1S/C26H22BrCl3F3NO2/c1-4-6-22(24(35)14(3)5-2)34-25(36)17-9-7-15(11-19(17)27)8-10-18(26(31,32)33)16-12-20(28)23(30)21(29)13-16/h1,7-14,18,22H,5-6H2,2-3H3,(H,34,36). The topological polar surface area (TPSA) is 46.2 Å². The molecular formula is C26H22BrCl3F3NO2. The van der Waals surface area contributed by atoms with Crippen molar-refractivity contribution >= 4 is 68.5 Å². The molecule has 0 spiro atoms. The minimum absolute atomic E-state index is 0.0277. The zero-order valence-electron chi connectivity index (χ0n) is 19.2. The third-order valence-electron chi connectivity index (χ3n) is 5.51. The van der Waals surface area contributed by atoms with Crippen LogP contribution in [0.3, 0.4) is 0 Å². The number of benzene rings is 2. The fourth-order valence-electron chi connectivity index (χ4n) is 3.31. The number of hydrogen-bond donors (Lipinski definition) is 1. The van der Waals surface area contributed by atoms with Crippen LogP contribution in [0.5, 0.6) is 0 Å². The van der Waals surface area contributed by atoms with Crippen LogP contribution in [0, 0.1) is 18.3 Å². The predicted octanol–water partition coefficient (Wildman–Crippen LogP) is 8.51. The second-order valence-electron chi connectivity index (χ2n) is 8.06. The summed E-state index contributed by atoms with van der Waals surface area (Å²) < 4.78 is 41.7. The summed E-state index contributed by atoms with van der Waals surface area (Å²) in [5.74, 6) is -0.571. The first kappa shape index (κ1) is 30.2. The van der Waals surface area contributed by atoms with Crippen LogP contribution in [0.2, 0.25) is 15.1 Å². The molecule has 0 fully saturated rings. The van der Waals surface area contributed by atoms with Crippen LogP contribution in [0.15, 0.2) is 40.9 Å². The van der Waals surface area contributed by atoms with Crippen LogP contribution in [-0.4, -0.2) is 23.9 Å². The summed E-state index contributed by atoms with van der Waals surface area (Å²) in [4.78, 5) is 25.3. The molecule has 0 heterocycles. The Bertz CT molecular complexity index is 1180. The highest BCUT2D eigenvalue weighted by Crippen LogP contribution is 2.41. The van der Waals surface area contributed by atoms with Gasteiger partial charge in [0.1, 0.15) is 0 Å². The number of Topliss-reactive ketones (excluding diaryl/α,β-unsaturated/α-hetero) is 1. The molecule has 2 aromatic rings. The second kappa shape index (κ2) is 13.0. The Morgan fingerprint density at radius 3 is 2.28 bits per heavy atom. The van der Waals surface area contributed by atoms with Crippen molar-refractivity contribution in [1.82, 2.24) is 5.32 Å². The first-order chi connectivity index (χ1) is 16.8. The van der Waals surface area contributed by atoms with Gasteiger partial charge in [-0.25, -0.2) is 0 Å². The van der Waals surface area contributed by atoms with Gasteiger partial charge in [-0.3, -0.25) is 9.59 Å². The molecule has 0 aliphatic heterocycles. The van der Waals surface area contributed by atoms with Crippen molar-refractivity contribution in [2.75, 3.05) is 0 Å². The number of rotatable bonds is 9. The van der Waals surface area contributed by atoms with E-state index in [0.29, 0.717) is 16.5 Å². The molecule has 2 aromatic carbocycles. The number of hydrogen-bond acceptors (Lipinski definition) is 2.